The van der Waals surface area contributed by atoms with Gasteiger partial charge in [-0.2, -0.15) is 0 Å². The molecular formula is C19H27ClN2O2. The van der Waals surface area contributed by atoms with Crippen LogP contribution in [-0.2, 0) is 9.59 Å². The highest BCUT2D eigenvalue weighted by molar-refractivity contribution is 6.31. The highest BCUT2D eigenvalue weighted by Gasteiger charge is 2.29. The topological polar surface area (TPSA) is 58.2 Å². The van der Waals surface area contributed by atoms with Gasteiger partial charge in [0, 0.05) is 29.1 Å². The van der Waals surface area contributed by atoms with E-state index in [-0.39, 0.29) is 23.7 Å². The van der Waals surface area contributed by atoms with Gasteiger partial charge in [0.15, 0.2) is 0 Å². The fourth-order valence-corrected chi connectivity index (χ4v) is 3.29. The Morgan fingerprint density at radius 2 is 1.75 bits per heavy atom. The van der Waals surface area contributed by atoms with Crippen molar-refractivity contribution < 1.29 is 9.59 Å². The van der Waals surface area contributed by atoms with Crippen LogP contribution >= 0.6 is 11.6 Å². The van der Waals surface area contributed by atoms with Crippen LogP contribution < -0.4 is 10.6 Å². The van der Waals surface area contributed by atoms with Gasteiger partial charge in [-0.1, -0.05) is 31.0 Å². The Bertz CT molecular complexity index is 581. The summed E-state index contributed by atoms with van der Waals surface area (Å²) >= 11 is 6.00. The summed E-state index contributed by atoms with van der Waals surface area (Å²) in [6, 6.07) is 5.49. The van der Waals surface area contributed by atoms with Gasteiger partial charge in [-0.05, 0) is 56.7 Å². The lowest BCUT2D eigenvalue weighted by Gasteiger charge is -2.27. The van der Waals surface area contributed by atoms with Crippen LogP contribution in [0.4, 0.5) is 5.69 Å². The molecule has 1 aliphatic carbocycles. The first-order chi connectivity index (χ1) is 11.5. The van der Waals surface area contributed by atoms with E-state index < -0.39 is 0 Å². The molecule has 0 spiro atoms. The van der Waals surface area contributed by atoms with Crippen molar-refractivity contribution in [3.63, 3.8) is 0 Å². The highest BCUT2D eigenvalue weighted by atomic mass is 35.5. The average molecular weight is 351 g/mol. The molecule has 2 N–H and O–H groups in total. The van der Waals surface area contributed by atoms with Crippen LogP contribution in [0.3, 0.4) is 0 Å². The molecule has 2 rings (SSSR count). The maximum atomic E-state index is 12.5. The van der Waals surface area contributed by atoms with Crippen molar-refractivity contribution in [2.45, 2.75) is 52.4 Å². The van der Waals surface area contributed by atoms with E-state index in [9.17, 15) is 9.59 Å². The molecule has 0 radical (unpaired) electrons. The molecule has 1 aliphatic rings. The Morgan fingerprint density at radius 1 is 1.12 bits per heavy atom. The number of amides is 2. The number of hydrogen-bond acceptors (Lipinski definition) is 2. The quantitative estimate of drug-likeness (QED) is 0.751. The zero-order chi connectivity index (χ0) is 17.5. The lowest BCUT2D eigenvalue weighted by atomic mass is 9.81. The van der Waals surface area contributed by atoms with E-state index in [1.165, 1.54) is 0 Å². The summed E-state index contributed by atoms with van der Waals surface area (Å²) < 4.78 is 0. The Labute approximate surface area is 149 Å². The van der Waals surface area contributed by atoms with Crippen LogP contribution in [0.25, 0.3) is 0 Å². The minimum absolute atomic E-state index is 0.0249. The van der Waals surface area contributed by atoms with E-state index in [2.05, 4.69) is 17.6 Å². The lowest BCUT2D eigenvalue weighted by Crippen LogP contribution is -2.35. The molecule has 1 aromatic carbocycles. The second-order valence-electron chi connectivity index (χ2n) is 6.64. The predicted octanol–water partition coefficient (Wildman–Crippen LogP) is 4.31. The number of rotatable bonds is 6. The molecule has 1 saturated carbocycles. The third kappa shape index (κ3) is 5.23. The Kier molecular flexibility index (Phi) is 7.10. The van der Waals surface area contributed by atoms with E-state index in [1.807, 2.05) is 19.1 Å². The van der Waals surface area contributed by atoms with Crippen LogP contribution in [0, 0.1) is 18.8 Å². The van der Waals surface area contributed by atoms with Crippen LogP contribution in [0.15, 0.2) is 18.2 Å². The standard InChI is InChI=1S/C19H27ClN2O2/c1-3-4-11-21-18(23)14-6-8-15(9-7-14)19(24)22-17-12-16(20)10-5-13(17)2/h5,10,12,14-15H,3-4,6-9,11H2,1-2H3,(H,21,23)(H,22,24). The van der Waals surface area contributed by atoms with E-state index in [1.54, 1.807) is 6.07 Å². The smallest absolute Gasteiger partial charge is 0.227 e. The van der Waals surface area contributed by atoms with Crippen molar-refractivity contribution in [2.75, 3.05) is 11.9 Å². The van der Waals surface area contributed by atoms with Crippen LogP contribution in [0.1, 0.15) is 51.0 Å². The number of halogens is 1. The van der Waals surface area contributed by atoms with Gasteiger partial charge in [0.25, 0.3) is 0 Å². The molecule has 4 nitrogen and oxygen atoms in total. The summed E-state index contributed by atoms with van der Waals surface area (Å²) in [6.45, 7) is 4.81. The third-order valence-corrected chi connectivity index (χ3v) is 4.99. The van der Waals surface area contributed by atoms with E-state index in [0.29, 0.717) is 5.02 Å². The molecule has 2 amide bonds. The van der Waals surface area contributed by atoms with Crippen LogP contribution in [0.2, 0.25) is 5.02 Å². The number of unbranched alkanes of at least 4 members (excludes halogenated alkanes) is 1. The van der Waals surface area contributed by atoms with Gasteiger partial charge >= 0.3 is 0 Å². The molecule has 5 heteroatoms. The molecule has 0 heterocycles. The van der Waals surface area contributed by atoms with Gasteiger partial charge in [0.05, 0.1) is 0 Å². The summed E-state index contributed by atoms with van der Waals surface area (Å²) in [5.41, 5.74) is 1.77. The zero-order valence-electron chi connectivity index (χ0n) is 14.5. The number of benzene rings is 1. The summed E-state index contributed by atoms with van der Waals surface area (Å²) in [4.78, 5) is 24.6. The fraction of sp³-hybridized carbons (Fsp3) is 0.579. The fourth-order valence-electron chi connectivity index (χ4n) is 3.11. The minimum atomic E-state index is -0.0249. The van der Waals surface area contributed by atoms with Gasteiger partial charge in [0.1, 0.15) is 0 Å². The lowest BCUT2D eigenvalue weighted by molar-refractivity contribution is -0.128. The molecule has 0 saturated heterocycles. The highest BCUT2D eigenvalue weighted by Crippen LogP contribution is 2.30. The number of carbonyl (C=O) groups excluding carboxylic acids is 2. The molecule has 24 heavy (non-hydrogen) atoms. The number of hydrogen-bond donors (Lipinski definition) is 2. The zero-order valence-corrected chi connectivity index (χ0v) is 15.3. The number of carbonyl (C=O) groups is 2. The van der Waals surface area contributed by atoms with Crippen molar-refractivity contribution in [1.29, 1.82) is 0 Å². The van der Waals surface area contributed by atoms with Crippen molar-refractivity contribution in [1.82, 2.24) is 5.32 Å². The molecule has 0 unspecified atom stereocenters. The number of nitrogens with one attached hydrogen (secondary N) is 2. The first kappa shape index (κ1) is 18.8. The van der Waals surface area contributed by atoms with Gasteiger partial charge in [-0.15, -0.1) is 0 Å². The SMILES string of the molecule is CCCCNC(=O)C1CCC(C(=O)Nc2cc(Cl)ccc2C)CC1. The average Bonchev–Trinajstić information content (AvgIpc) is 2.58. The Hall–Kier alpha value is -1.55. The molecule has 1 fully saturated rings. The molecule has 132 valence electrons. The van der Waals surface area contributed by atoms with E-state index in [0.717, 1.165) is 56.3 Å². The second-order valence-corrected chi connectivity index (χ2v) is 7.08. The van der Waals surface area contributed by atoms with Gasteiger partial charge < -0.3 is 10.6 Å². The first-order valence-corrected chi connectivity index (χ1v) is 9.23. The minimum Gasteiger partial charge on any atom is -0.356 e. The van der Waals surface area contributed by atoms with Crippen LogP contribution in [-0.4, -0.2) is 18.4 Å². The second kappa shape index (κ2) is 9.07. The Balaban J connectivity index is 1.82. The predicted molar refractivity (Wildman–Crippen MR) is 98.2 cm³/mol. The number of anilines is 1. The molecule has 0 aromatic heterocycles. The largest absolute Gasteiger partial charge is 0.356 e. The van der Waals surface area contributed by atoms with Crippen molar-refractivity contribution in [3.05, 3.63) is 28.8 Å². The summed E-state index contributed by atoms with van der Waals surface area (Å²) in [7, 11) is 0. The van der Waals surface area contributed by atoms with Gasteiger partial charge in [-0.25, -0.2) is 0 Å². The summed E-state index contributed by atoms with van der Waals surface area (Å²) in [6.07, 6.45) is 5.18. The number of aryl methyl sites for hydroxylation is 1. The van der Waals surface area contributed by atoms with E-state index >= 15 is 0 Å². The van der Waals surface area contributed by atoms with E-state index in [4.69, 9.17) is 11.6 Å². The maximum Gasteiger partial charge on any atom is 0.227 e. The monoisotopic (exact) mass is 350 g/mol. The molecular weight excluding hydrogens is 324 g/mol. The normalized spacial score (nSPS) is 20.5. The molecule has 1 aromatic rings. The van der Waals surface area contributed by atoms with Crippen molar-refractivity contribution in [3.8, 4) is 0 Å². The van der Waals surface area contributed by atoms with Crippen molar-refractivity contribution in [2.24, 2.45) is 11.8 Å². The van der Waals surface area contributed by atoms with Crippen molar-refractivity contribution >= 4 is 29.1 Å². The van der Waals surface area contributed by atoms with Gasteiger partial charge in [-0.3, -0.25) is 9.59 Å². The van der Waals surface area contributed by atoms with Crippen LogP contribution in [0.5, 0.6) is 0 Å². The molecule has 0 atom stereocenters. The summed E-state index contributed by atoms with van der Waals surface area (Å²) in [5.74, 6) is 0.208. The summed E-state index contributed by atoms with van der Waals surface area (Å²) in [5, 5.41) is 6.59. The first-order valence-electron chi connectivity index (χ1n) is 8.86. The molecule has 0 bridgehead atoms. The Morgan fingerprint density at radius 3 is 2.38 bits per heavy atom. The van der Waals surface area contributed by atoms with Gasteiger partial charge in [0.2, 0.25) is 11.8 Å². The maximum absolute atomic E-state index is 12.5. The molecule has 0 aliphatic heterocycles. The third-order valence-electron chi connectivity index (χ3n) is 4.76.